The van der Waals surface area contributed by atoms with Crippen LogP contribution in [0.2, 0.25) is 0 Å². The first kappa shape index (κ1) is 19.0. The molecule has 1 aromatic carbocycles. The van der Waals surface area contributed by atoms with Crippen LogP contribution in [0.15, 0.2) is 47.7 Å². The van der Waals surface area contributed by atoms with Gasteiger partial charge in [0.2, 0.25) is 0 Å². The SMILES string of the molecule is CCNC(=NCC(c1cnn(C)c1)N(C)C)N(C)Cc1ccccc1. The Hall–Kier alpha value is -2.34. The molecule has 1 aromatic heterocycles. The van der Waals surface area contributed by atoms with Crippen LogP contribution in [-0.2, 0) is 13.6 Å². The Balaban J connectivity index is 2.11. The van der Waals surface area contributed by atoms with Crippen LogP contribution < -0.4 is 5.32 Å². The smallest absolute Gasteiger partial charge is 0.194 e. The standard InChI is InChI=1S/C19H30N6/c1-6-20-19(24(4)14-16-10-8-7-9-11-16)21-13-18(23(2)3)17-12-22-25(5)15-17/h7-12,15,18H,6,13-14H2,1-5H3,(H,20,21). The van der Waals surface area contributed by atoms with E-state index in [0.29, 0.717) is 6.54 Å². The average molecular weight is 342 g/mol. The van der Waals surface area contributed by atoms with Crippen molar-refractivity contribution in [2.24, 2.45) is 12.0 Å². The molecule has 6 heteroatoms. The molecule has 0 spiro atoms. The molecule has 0 aliphatic rings. The molecule has 0 amide bonds. The summed E-state index contributed by atoms with van der Waals surface area (Å²) in [4.78, 5) is 9.21. The van der Waals surface area contributed by atoms with Crippen molar-refractivity contribution < 1.29 is 0 Å². The Morgan fingerprint density at radius 2 is 1.96 bits per heavy atom. The van der Waals surface area contributed by atoms with Gasteiger partial charge >= 0.3 is 0 Å². The van der Waals surface area contributed by atoms with E-state index in [2.05, 4.69) is 78.7 Å². The predicted molar refractivity (Wildman–Crippen MR) is 104 cm³/mol. The molecule has 1 N–H and O–H groups in total. The molecule has 1 heterocycles. The zero-order valence-electron chi connectivity index (χ0n) is 16.0. The summed E-state index contributed by atoms with van der Waals surface area (Å²) >= 11 is 0. The number of hydrogen-bond donors (Lipinski definition) is 1. The van der Waals surface area contributed by atoms with E-state index in [1.807, 2.05) is 24.0 Å². The second kappa shape index (κ2) is 9.22. The largest absolute Gasteiger partial charge is 0.357 e. The highest BCUT2D eigenvalue weighted by Gasteiger charge is 2.16. The Morgan fingerprint density at radius 3 is 2.52 bits per heavy atom. The summed E-state index contributed by atoms with van der Waals surface area (Å²) in [6, 6.07) is 10.7. The maximum absolute atomic E-state index is 4.87. The van der Waals surface area contributed by atoms with Crippen molar-refractivity contribution in [1.29, 1.82) is 0 Å². The van der Waals surface area contributed by atoms with Gasteiger partial charge in [-0.15, -0.1) is 0 Å². The lowest BCUT2D eigenvalue weighted by Crippen LogP contribution is -2.39. The molecular weight excluding hydrogens is 312 g/mol. The third-order valence-corrected chi connectivity index (χ3v) is 4.11. The zero-order valence-corrected chi connectivity index (χ0v) is 16.0. The molecule has 0 fully saturated rings. The summed E-state index contributed by atoms with van der Waals surface area (Å²) in [6.07, 6.45) is 3.97. The normalized spacial score (nSPS) is 13.1. The summed E-state index contributed by atoms with van der Waals surface area (Å²) in [5.41, 5.74) is 2.45. The highest BCUT2D eigenvalue weighted by molar-refractivity contribution is 5.79. The quantitative estimate of drug-likeness (QED) is 0.618. The van der Waals surface area contributed by atoms with Crippen LogP contribution in [0, 0.1) is 0 Å². The Kier molecular flexibility index (Phi) is 7.01. The number of aryl methyl sites for hydroxylation is 1. The van der Waals surface area contributed by atoms with Crippen LogP contribution in [0.25, 0.3) is 0 Å². The van der Waals surface area contributed by atoms with E-state index in [4.69, 9.17) is 4.99 Å². The summed E-state index contributed by atoms with van der Waals surface area (Å²) in [6.45, 7) is 4.44. The van der Waals surface area contributed by atoms with E-state index in [9.17, 15) is 0 Å². The molecule has 2 rings (SSSR count). The Morgan fingerprint density at radius 1 is 1.24 bits per heavy atom. The van der Waals surface area contributed by atoms with E-state index in [1.165, 1.54) is 11.1 Å². The predicted octanol–water partition coefficient (Wildman–Crippen LogP) is 2.12. The van der Waals surface area contributed by atoms with Crippen LogP contribution in [-0.4, -0.2) is 59.8 Å². The minimum absolute atomic E-state index is 0.201. The lowest BCUT2D eigenvalue weighted by Gasteiger charge is -2.25. The van der Waals surface area contributed by atoms with Gasteiger partial charge in [0.25, 0.3) is 0 Å². The van der Waals surface area contributed by atoms with Gasteiger partial charge in [-0.25, -0.2) is 0 Å². The van der Waals surface area contributed by atoms with Crippen LogP contribution in [0.5, 0.6) is 0 Å². The number of nitrogens with one attached hydrogen (secondary N) is 1. The van der Waals surface area contributed by atoms with Gasteiger partial charge in [0.05, 0.1) is 18.8 Å². The maximum Gasteiger partial charge on any atom is 0.194 e. The van der Waals surface area contributed by atoms with Crippen molar-refractivity contribution >= 4 is 5.96 Å². The number of hydrogen-bond acceptors (Lipinski definition) is 3. The van der Waals surface area contributed by atoms with Crippen molar-refractivity contribution in [2.75, 3.05) is 34.2 Å². The van der Waals surface area contributed by atoms with E-state index in [0.717, 1.165) is 19.0 Å². The molecule has 0 aliphatic carbocycles. The van der Waals surface area contributed by atoms with Crippen LogP contribution in [0.3, 0.4) is 0 Å². The van der Waals surface area contributed by atoms with E-state index in [-0.39, 0.29) is 6.04 Å². The van der Waals surface area contributed by atoms with Gasteiger partial charge in [0.15, 0.2) is 5.96 Å². The molecule has 0 radical (unpaired) electrons. The molecule has 0 bridgehead atoms. The van der Waals surface area contributed by atoms with Gasteiger partial charge < -0.3 is 15.1 Å². The van der Waals surface area contributed by atoms with E-state index >= 15 is 0 Å². The minimum atomic E-state index is 0.201. The second-order valence-corrected chi connectivity index (χ2v) is 6.46. The number of aromatic nitrogens is 2. The van der Waals surface area contributed by atoms with Crippen molar-refractivity contribution in [3.63, 3.8) is 0 Å². The van der Waals surface area contributed by atoms with Crippen molar-refractivity contribution in [2.45, 2.75) is 19.5 Å². The number of nitrogens with zero attached hydrogens (tertiary/aromatic N) is 5. The third kappa shape index (κ3) is 5.60. The van der Waals surface area contributed by atoms with Crippen molar-refractivity contribution in [3.05, 3.63) is 53.9 Å². The van der Waals surface area contributed by atoms with Crippen LogP contribution in [0.1, 0.15) is 24.1 Å². The molecule has 25 heavy (non-hydrogen) atoms. The number of guanidine groups is 1. The second-order valence-electron chi connectivity index (χ2n) is 6.46. The van der Waals surface area contributed by atoms with E-state index < -0.39 is 0 Å². The summed E-state index contributed by atoms with van der Waals surface area (Å²) < 4.78 is 1.84. The minimum Gasteiger partial charge on any atom is -0.357 e. The maximum atomic E-state index is 4.87. The first-order valence-electron chi connectivity index (χ1n) is 8.69. The molecule has 1 unspecified atom stereocenters. The molecule has 2 aromatic rings. The molecule has 136 valence electrons. The zero-order chi connectivity index (χ0) is 18.2. The summed E-state index contributed by atoms with van der Waals surface area (Å²) in [5.74, 6) is 0.919. The highest BCUT2D eigenvalue weighted by atomic mass is 15.3. The first-order valence-corrected chi connectivity index (χ1v) is 8.69. The van der Waals surface area contributed by atoms with Crippen molar-refractivity contribution in [1.82, 2.24) is 24.9 Å². The molecule has 0 saturated carbocycles. The fraction of sp³-hybridized carbons (Fsp3) is 0.474. The number of benzene rings is 1. The Bertz CT molecular complexity index is 662. The van der Waals surface area contributed by atoms with Gasteiger partial charge in [-0.3, -0.25) is 9.67 Å². The summed E-state index contributed by atoms with van der Waals surface area (Å²) in [5, 5.41) is 7.68. The first-order chi connectivity index (χ1) is 12.0. The number of rotatable bonds is 7. The summed E-state index contributed by atoms with van der Waals surface area (Å²) in [7, 11) is 8.17. The fourth-order valence-corrected chi connectivity index (χ4v) is 2.75. The van der Waals surface area contributed by atoms with E-state index in [1.54, 1.807) is 0 Å². The average Bonchev–Trinajstić information content (AvgIpc) is 3.00. The van der Waals surface area contributed by atoms with Gasteiger partial charge in [-0.2, -0.15) is 5.10 Å². The monoisotopic (exact) mass is 342 g/mol. The van der Waals surface area contributed by atoms with Crippen LogP contribution in [0.4, 0.5) is 0 Å². The highest BCUT2D eigenvalue weighted by Crippen LogP contribution is 2.17. The van der Waals surface area contributed by atoms with Crippen LogP contribution >= 0.6 is 0 Å². The van der Waals surface area contributed by atoms with Gasteiger partial charge in [-0.1, -0.05) is 30.3 Å². The van der Waals surface area contributed by atoms with Gasteiger partial charge in [0, 0.05) is 38.9 Å². The lowest BCUT2D eigenvalue weighted by molar-refractivity contribution is 0.305. The fourth-order valence-electron chi connectivity index (χ4n) is 2.75. The lowest BCUT2D eigenvalue weighted by atomic mass is 10.1. The topological polar surface area (TPSA) is 48.7 Å². The number of aliphatic imine (C=N–C) groups is 1. The Labute approximate surface area is 151 Å². The molecule has 0 saturated heterocycles. The van der Waals surface area contributed by atoms with Gasteiger partial charge in [0.1, 0.15) is 0 Å². The van der Waals surface area contributed by atoms with Crippen molar-refractivity contribution in [3.8, 4) is 0 Å². The van der Waals surface area contributed by atoms with Gasteiger partial charge in [-0.05, 0) is 26.6 Å². The molecular formula is C19H30N6. The molecule has 6 nitrogen and oxygen atoms in total. The molecule has 1 atom stereocenters. The molecule has 0 aliphatic heterocycles. The number of likely N-dealkylation sites (N-methyl/N-ethyl adjacent to an activating group) is 1. The third-order valence-electron chi connectivity index (χ3n) is 4.11.